The van der Waals surface area contributed by atoms with Crippen LogP contribution in [0.25, 0.3) is 33.4 Å². The molecule has 17 heteroatoms. The summed E-state index contributed by atoms with van der Waals surface area (Å²) >= 11 is 0. The van der Waals surface area contributed by atoms with Crippen LogP contribution >= 0.6 is 0 Å². The van der Waals surface area contributed by atoms with E-state index in [2.05, 4.69) is 25.0 Å². The number of rotatable bonds is 10. The maximum atomic E-state index is 13.6. The first-order valence-corrected chi connectivity index (χ1v) is 17.8. The van der Waals surface area contributed by atoms with Crippen molar-refractivity contribution in [1.29, 1.82) is 0 Å². The summed E-state index contributed by atoms with van der Waals surface area (Å²) in [5, 5.41) is 4.70. The molecule has 4 aromatic rings. The molecule has 4 atom stereocenters. The quantitative estimate of drug-likeness (QED) is 0.153. The Hall–Kier alpha value is -5.61. The third kappa shape index (κ3) is 8.29. The number of amides is 4. The number of imidazole rings is 2. The maximum absolute atomic E-state index is 13.6. The standard InChI is InChI=1S/C37H43F3N8O6/c1-20(2)30(46-36(52)54-4)34(50)48-16-6-8-29(48)32-42-24-14-13-23(17-25(24)43-32)21-9-11-22(12-10-21)27-19-41-31(44-27)28-7-5-15-47(28)33(49)26(18-37(38,39)40)45-35(51)53-3/h9-14,17,19-20,26,28-30H,5-8,15-16,18H2,1-4H3,(H,41,44)(H,42,43)(H,45,51)(H,46,52). The number of fused-ring (bicyclic) bond motifs is 1. The van der Waals surface area contributed by atoms with Gasteiger partial charge in [-0.05, 0) is 60.4 Å². The van der Waals surface area contributed by atoms with Crippen LogP contribution in [0.5, 0.6) is 0 Å². The number of benzene rings is 2. The molecule has 4 unspecified atom stereocenters. The molecule has 4 heterocycles. The molecule has 0 saturated carbocycles. The number of hydrogen-bond acceptors (Lipinski definition) is 8. The van der Waals surface area contributed by atoms with Gasteiger partial charge in [-0.1, -0.05) is 44.2 Å². The molecule has 0 spiro atoms. The van der Waals surface area contributed by atoms with Crippen molar-refractivity contribution in [2.24, 2.45) is 5.92 Å². The molecule has 2 saturated heterocycles. The van der Waals surface area contributed by atoms with E-state index in [1.165, 1.54) is 12.0 Å². The van der Waals surface area contributed by atoms with Crippen LogP contribution in [-0.2, 0) is 19.1 Å². The number of nitrogens with zero attached hydrogens (tertiary/aromatic N) is 4. The summed E-state index contributed by atoms with van der Waals surface area (Å²) < 4.78 is 49.1. The van der Waals surface area contributed by atoms with Crippen LogP contribution in [0, 0.1) is 5.92 Å². The molecule has 14 nitrogen and oxygen atoms in total. The molecule has 2 aliphatic rings. The molecule has 0 aliphatic carbocycles. The zero-order valence-corrected chi connectivity index (χ0v) is 30.3. The summed E-state index contributed by atoms with van der Waals surface area (Å²) in [6, 6.07) is 10.2. The molecular formula is C37H43F3N8O6. The zero-order chi connectivity index (χ0) is 38.7. The minimum atomic E-state index is -4.68. The highest BCUT2D eigenvalue weighted by Crippen LogP contribution is 2.36. The number of alkyl carbamates (subject to hydrolysis) is 2. The van der Waals surface area contributed by atoms with Gasteiger partial charge in [0.25, 0.3) is 0 Å². The van der Waals surface area contributed by atoms with Gasteiger partial charge in [0.2, 0.25) is 11.8 Å². The van der Waals surface area contributed by atoms with Crippen molar-refractivity contribution in [3.63, 3.8) is 0 Å². The smallest absolute Gasteiger partial charge is 0.407 e. The predicted octanol–water partition coefficient (Wildman–Crippen LogP) is 6.00. The molecule has 4 amide bonds. The minimum Gasteiger partial charge on any atom is -0.453 e. The fourth-order valence-corrected chi connectivity index (χ4v) is 7.20. The van der Waals surface area contributed by atoms with E-state index in [0.717, 1.165) is 47.7 Å². The number of halogens is 3. The maximum Gasteiger partial charge on any atom is 0.407 e. The van der Waals surface area contributed by atoms with E-state index in [1.54, 1.807) is 11.1 Å². The lowest BCUT2D eigenvalue weighted by atomic mass is 10.0. The monoisotopic (exact) mass is 752 g/mol. The predicted molar refractivity (Wildman–Crippen MR) is 191 cm³/mol. The zero-order valence-electron chi connectivity index (χ0n) is 30.3. The van der Waals surface area contributed by atoms with E-state index >= 15 is 0 Å². The normalized spacial score (nSPS) is 18.5. The Morgan fingerprint density at radius 1 is 0.833 bits per heavy atom. The first-order chi connectivity index (χ1) is 25.8. The molecule has 54 heavy (non-hydrogen) atoms. The lowest BCUT2D eigenvalue weighted by Gasteiger charge is -2.29. The lowest BCUT2D eigenvalue weighted by molar-refractivity contribution is -0.154. The van der Waals surface area contributed by atoms with Crippen LogP contribution in [0.4, 0.5) is 22.8 Å². The van der Waals surface area contributed by atoms with E-state index in [9.17, 15) is 32.3 Å². The van der Waals surface area contributed by atoms with Gasteiger partial charge in [-0.2, -0.15) is 13.2 Å². The van der Waals surface area contributed by atoms with Gasteiger partial charge >= 0.3 is 18.4 Å². The van der Waals surface area contributed by atoms with Crippen LogP contribution < -0.4 is 10.6 Å². The number of methoxy groups -OCH3 is 2. The number of carbonyl (C=O) groups excluding carboxylic acids is 4. The van der Waals surface area contributed by atoms with Crippen molar-refractivity contribution in [1.82, 2.24) is 40.4 Å². The summed E-state index contributed by atoms with van der Waals surface area (Å²) in [7, 11) is 2.28. The van der Waals surface area contributed by atoms with E-state index < -0.39 is 48.8 Å². The third-order valence-electron chi connectivity index (χ3n) is 9.93. The van der Waals surface area contributed by atoms with Crippen LogP contribution in [0.2, 0.25) is 0 Å². The van der Waals surface area contributed by atoms with E-state index in [1.807, 2.05) is 61.6 Å². The number of alkyl halides is 3. The van der Waals surface area contributed by atoms with Gasteiger partial charge in [0, 0.05) is 13.1 Å². The van der Waals surface area contributed by atoms with Gasteiger partial charge in [0.05, 0.1) is 55.6 Å². The molecule has 6 rings (SSSR count). The number of hydrogen-bond donors (Lipinski definition) is 4. The molecule has 0 radical (unpaired) electrons. The van der Waals surface area contributed by atoms with Crippen molar-refractivity contribution >= 4 is 35.0 Å². The summed E-state index contributed by atoms with van der Waals surface area (Å²) in [6.45, 7) is 4.51. The Morgan fingerprint density at radius 3 is 2.06 bits per heavy atom. The highest BCUT2D eigenvalue weighted by Gasteiger charge is 2.42. The largest absolute Gasteiger partial charge is 0.453 e. The first-order valence-electron chi connectivity index (χ1n) is 17.8. The minimum absolute atomic E-state index is 0.142. The number of aromatic amines is 2. The Morgan fingerprint density at radius 2 is 1.43 bits per heavy atom. The van der Waals surface area contributed by atoms with Crippen LogP contribution in [0.1, 0.15) is 69.7 Å². The average molecular weight is 753 g/mol. The van der Waals surface area contributed by atoms with Crippen molar-refractivity contribution in [2.75, 3.05) is 27.3 Å². The van der Waals surface area contributed by atoms with Crippen molar-refractivity contribution in [3.05, 3.63) is 60.3 Å². The lowest BCUT2D eigenvalue weighted by Crippen LogP contribution is -2.51. The van der Waals surface area contributed by atoms with Gasteiger partial charge in [-0.15, -0.1) is 0 Å². The van der Waals surface area contributed by atoms with E-state index in [0.29, 0.717) is 36.7 Å². The summed E-state index contributed by atoms with van der Waals surface area (Å²) in [4.78, 5) is 69.6. The fourth-order valence-electron chi connectivity index (χ4n) is 7.20. The molecule has 2 aromatic carbocycles. The van der Waals surface area contributed by atoms with Crippen molar-refractivity contribution in [2.45, 2.75) is 76.3 Å². The highest BCUT2D eigenvalue weighted by molar-refractivity contribution is 5.87. The van der Waals surface area contributed by atoms with Crippen molar-refractivity contribution < 1.29 is 41.8 Å². The first kappa shape index (κ1) is 38.1. The Bertz CT molecular complexity index is 1990. The number of likely N-dealkylation sites (tertiary alicyclic amines) is 2. The summed E-state index contributed by atoms with van der Waals surface area (Å²) in [6.07, 6.45) is -3.77. The Kier molecular flexibility index (Phi) is 11.1. The molecule has 4 N–H and O–H groups in total. The summed E-state index contributed by atoms with van der Waals surface area (Å²) in [5.74, 6) is -0.0638. The van der Waals surface area contributed by atoms with Gasteiger partial charge < -0.3 is 39.9 Å². The van der Waals surface area contributed by atoms with Gasteiger partial charge in [-0.25, -0.2) is 19.6 Å². The third-order valence-corrected chi connectivity index (χ3v) is 9.93. The van der Waals surface area contributed by atoms with Gasteiger partial charge in [0.1, 0.15) is 23.7 Å². The molecule has 2 fully saturated rings. The SMILES string of the molecule is COC(=O)NC(CC(F)(F)F)C(=O)N1CCCC1c1ncc(-c2ccc(-c3ccc4nc(C5CCCN5C(=O)C(NC(=O)OC)C(C)C)[nH]c4c3)cc2)[nH]1. The Labute approximate surface area is 309 Å². The highest BCUT2D eigenvalue weighted by atomic mass is 19.4. The summed E-state index contributed by atoms with van der Waals surface area (Å²) in [5.41, 5.74) is 4.92. The number of ether oxygens (including phenoxy) is 2. The van der Waals surface area contributed by atoms with E-state index in [4.69, 9.17) is 9.72 Å². The molecule has 2 aliphatic heterocycles. The van der Waals surface area contributed by atoms with E-state index in [-0.39, 0.29) is 24.4 Å². The Balaban J connectivity index is 1.16. The number of H-pyrrole nitrogens is 2. The van der Waals surface area contributed by atoms with Crippen molar-refractivity contribution in [3.8, 4) is 22.4 Å². The van der Waals surface area contributed by atoms with Gasteiger partial charge in [-0.3, -0.25) is 9.59 Å². The fraction of sp³-hybridized carbons (Fsp3) is 0.459. The van der Waals surface area contributed by atoms with Crippen LogP contribution in [-0.4, -0.2) is 99.3 Å². The topological polar surface area (TPSA) is 175 Å². The number of aromatic nitrogens is 4. The van der Waals surface area contributed by atoms with Gasteiger partial charge in [0.15, 0.2) is 0 Å². The second-order valence-electron chi connectivity index (χ2n) is 13.9. The van der Waals surface area contributed by atoms with Crippen LogP contribution in [0.15, 0.2) is 48.7 Å². The molecule has 2 aromatic heterocycles. The number of carbonyl (C=O) groups is 4. The second-order valence-corrected chi connectivity index (χ2v) is 13.9. The molecular weight excluding hydrogens is 709 g/mol. The molecule has 288 valence electrons. The number of nitrogens with one attached hydrogen (secondary N) is 4. The second kappa shape index (κ2) is 15.8. The molecule has 0 bridgehead atoms. The average Bonchev–Trinajstić information content (AvgIpc) is 3.97. The van der Waals surface area contributed by atoms with Crippen LogP contribution in [0.3, 0.4) is 0 Å².